The summed E-state index contributed by atoms with van der Waals surface area (Å²) in [7, 11) is 0. The number of aliphatic hydroxyl groups is 8. The second-order valence-electron chi connectivity index (χ2n) is 8.68. The van der Waals surface area contributed by atoms with Crippen molar-refractivity contribution in [2.24, 2.45) is 5.92 Å². The molecule has 0 radical (unpaired) electrons. The van der Waals surface area contributed by atoms with Crippen molar-refractivity contribution in [3.05, 3.63) is 0 Å². The minimum Gasteiger partial charge on any atom is -0.393 e. The highest BCUT2D eigenvalue weighted by Gasteiger charge is 2.50. The average molecular weight is 456 g/mol. The molecule has 2 saturated heterocycles. The van der Waals surface area contributed by atoms with Crippen molar-refractivity contribution in [1.82, 2.24) is 0 Å². The summed E-state index contributed by atoms with van der Waals surface area (Å²) in [6.07, 6.45) is -11.2. The van der Waals surface area contributed by atoms with Gasteiger partial charge in [0.2, 0.25) is 0 Å². The van der Waals surface area contributed by atoms with Gasteiger partial charge in [0.25, 0.3) is 0 Å². The van der Waals surface area contributed by atoms with Crippen LogP contribution in [-0.4, -0.2) is 128 Å². The van der Waals surface area contributed by atoms with Gasteiger partial charge in [-0.2, -0.15) is 0 Å². The van der Waals surface area contributed by atoms with Crippen LogP contribution in [0.2, 0.25) is 0 Å². The quantitative estimate of drug-likeness (QED) is 0.161. The maximum atomic E-state index is 10.6. The fourth-order valence-electron chi connectivity index (χ4n) is 3.63. The molecule has 2 rings (SSSR count). The molecular formula is C19H36O12. The van der Waals surface area contributed by atoms with Crippen LogP contribution in [0.5, 0.6) is 0 Å². The number of ether oxygens (including phenoxy) is 4. The van der Waals surface area contributed by atoms with E-state index in [-0.39, 0.29) is 25.6 Å². The van der Waals surface area contributed by atoms with E-state index in [0.29, 0.717) is 0 Å². The molecule has 0 aromatic carbocycles. The summed E-state index contributed by atoms with van der Waals surface area (Å²) < 4.78 is 21.4. The maximum Gasteiger partial charge on any atom is 0.186 e. The van der Waals surface area contributed by atoms with Gasteiger partial charge >= 0.3 is 0 Å². The van der Waals surface area contributed by atoms with E-state index in [1.54, 1.807) is 13.8 Å². The van der Waals surface area contributed by atoms with Gasteiger partial charge < -0.3 is 59.8 Å². The van der Waals surface area contributed by atoms with Crippen LogP contribution in [0.4, 0.5) is 0 Å². The van der Waals surface area contributed by atoms with E-state index < -0.39 is 73.6 Å². The number of hydrogen-bond donors (Lipinski definition) is 8. The molecule has 2 aliphatic heterocycles. The van der Waals surface area contributed by atoms with Crippen molar-refractivity contribution in [1.29, 1.82) is 0 Å². The summed E-state index contributed by atoms with van der Waals surface area (Å²) in [5.74, 6) is -0.280. The Morgan fingerprint density at radius 1 is 1.03 bits per heavy atom. The molecule has 0 amide bonds. The first kappa shape index (κ1) is 26.8. The molecule has 0 saturated carbocycles. The first-order valence-electron chi connectivity index (χ1n) is 10.3. The van der Waals surface area contributed by atoms with Crippen molar-refractivity contribution < 1.29 is 59.8 Å². The zero-order chi connectivity index (χ0) is 23.6. The minimum atomic E-state index is -1.88. The molecule has 12 heteroatoms. The molecule has 2 fully saturated rings. The second kappa shape index (κ2) is 10.6. The number of aliphatic hydroxyl groups excluding tert-OH is 6. The Labute approximate surface area is 180 Å². The molecule has 0 aromatic rings. The van der Waals surface area contributed by atoms with Crippen LogP contribution in [0.3, 0.4) is 0 Å². The van der Waals surface area contributed by atoms with Crippen molar-refractivity contribution in [3.8, 4) is 0 Å². The highest BCUT2D eigenvalue weighted by molar-refractivity contribution is 4.94. The van der Waals surface area contributed by atoms with Crippen LogP contribution >= 0.6 is 0 Å². The molecule has 0 bridgehead atoms. The van der Waals surface area contributed by atoms with E-state index in [1.807, 2.05) is 0 Å². The largest absolute Gasteiger partial charge is 0.393 e. The number of hydrogen-bond acceptors (Lipinski definition) is 12. The maximum absolute atomic E-state index is 10.6. The van der Waals surface area contributed by atoms with Crippen molar-refractivity contribution in [3.63, 3.8) is 0 Å². The lowest BCUT2D eigenvalue weighted by Gasteiger charge is -2.41. The lowest BCUT2D eigenvalue weighted by molar-refractivity contribution is -0.311. The van der Waals surface area contributed by atoms with Gasteiger partial charge in [0.1, 0.15) is 36.1 Å². The molecule has 10 atom stereocenters. The Morgan fingerprint density at radius 3 is 2.19 bits per heavy atom. The molecule has 0 aliphatic carbocycles. The smallest absolute Gasteiger partial charge is 0.186 e. The molecule has 2 aliphatic rings. The molecule has 12 nitrogen and oxygen atoms in total. The van der Waals surface area contributed by atoms with E-state index in [9.17, 15) is 35.7 Å². The summed E-state index contributed by atoms with van der Waals surface area (Å²) in [5, 5.41) is 80.0. The summed E-state index contributed by atoms with van der Waals surface area (Å²) >= 11 is 0. The minimum absolute atomic E-state index is 0.0244. The average Bonchev–Trinajstić information content (AvgIpc) is 3.01. The Hall–Kier alpha value is -0.480. The SMILES string of the molecule is CC(C)C(O)(CCOC1OC(COC2OCC(O)(CO)C2O)C(O)C(O)C1O)C(C)O. The van der Waals surface area contributed by atoms with E-state index in [2.05, 4.69) is 0 Å². The highest BCUT2D eigenvalue weighted by Crippen LogP contribution is 2.29. The second-order valence-corrected chi connectivity index (χ2v) is 8.68. The Kier molecular flexibility index (Phi) is 9.18. The molecule has 31 heavy (non-hydrogen) atoms. The fourth-order valence-corrected chi connectivity index (χ4v) is 3.63. The van der Waals surface area contributed by atoms with E-state index in [4.69, 9.17) is 24.1 Å². The Balaban J connectivity index is 1.93. The third kappa shape index (κ3) is 5.72. The molecule has 8 N–H and O–H groups in total. The predicted octanol–water partition coefficient (Wildman–Crippen LogP) is -3.57. The zero-order valence-corrected chi connectivity index (χ0v) is 17.9. The highest BCUT2D eigenvalue weighted by atomic mass is 16.7. The molecule has 0 aromatic heterocycles. The van der Waals surface area contributed by atoms with Crippen LogP contribution in [0.1, 0.15) is 27.2 Å². The van der Waals surface area contributed by atoms with Gasteiger partial charge in [0.05, 0.1) is 38.1 Å². The first-order chi connectivity index (χ1) is 14.4. The third-order valence-electron chi connectivity index (χ3n) is 6.18. The van der Waals surface area contributed by atoms with Crippen LogP contribution in [-0.2, 0) is 18.9 Å². The summed E-state index contributed by atoms with van der Waals surface area (Å²) in [6, 6.07) is 0. The normalized spacial score (nSPS) is 42.0. The van der Waals surface area contributed by atoms with Gasteiger partial charge in [-0.05, 0) is 12.8 Å². The van der Waals surface area contributed by atoms with Crippen LogP contribution in [0.15, 0.2) is 0 Å². The van der Waals surface area contributed by atoms with Crippen LogP contribution < -0.4 is 0 Å². The molecular weight excluding hydrogens is 420 g/mol. The Bertz CT molecular complexity index is 552. The molecule has 184 valence electrons. The van der Waals surface area contributed by atoms with Gasteiger partial charge in [-0.25, -0.2) is 0 Å². The van der Waals surface area contributed by atoms with Gasteiger partial charge in [-0.1, -0.05) is 13.8 Å². The monoisotopic (exact) mass is 456 g/mol. The van der Waals surface area contributed by atoms with E-state index in [0.717, 1.165) is 0 Å². The van der Waals surface area contributed by atoms with Gasteiger partial charge in [-0.3, -0.25) is 0 Å². The van der Waals surface area contributed by atoms with Gasteiger partial charge in [0, 0.05) is 6.42 Å². The van der Waals surface area contributed by atoms with Gasteiger partial charge in [0.15, 0.2) is 12.6 Å². The Morgan fingerprint density at radius 2 is 1.68 bits per heavy atom. The summed E-state index contributed by atoms with van der Waals surface area (Å²) in [5.41, 5.74) is -3.31. The third-order valence-corrected chi connectivity index (χ3v) is 6.18. The van der Waals surface area contributed by atoms with E-state index >= 15 is 0 Å². The zero-order valence-electron chi connectivity index (χ0n) is 17.9. The molecule has 10 unspecified atom stereocenters. The number of rotatable bonds is 10. The fraction of sp³-hybridized carbons (Fsp3) is 1.00. The van der Waals surface area contributed by atoms with Crippen LogP contribution in [0.25, 0.3) is 0 Å². The van der Waals surface area contributed by atoms with Crippen molar-refractivity contribution in [2.75, 3.05) is 26.4 Å². The topological polar surface area (TPSA) is 199 Å². The van der Waals surface area contributed by atoms with Gasteiger partial charge in [-0.15, -0.1) is 0 Å². The molecule has 0 spiro atoms. The lowest BCUT2D eigenvalue weighted by Crippen LogP contribution is -2.60. The van der Waals surface area contributed by atoms with E-state index in [1.165, 1.54) is 6.92 Å². The molecule has 2 heterocycles. The van der Waals surface area contributed by atoms with Crippen LogP contribution in [0, 0.1) is 5.92 Å². The predicted molar refractivity (Wildman–Crippen MR) is 102 cm³/mol. The van der Waals surface area contributed by atoms with Crippen molar-refractivity contribution >= 4 is 0 Å². The first-order valence-corrected chi connectivity index (χ1v) is 10.3. The lowest BCUT2D eigenvalue weighted by atomic mass is 9.83. The van der Waals surface area contributed by atoms with Crippen molar-refractivity contribution in [2.45, 2.75) is 87.6 Å². The summed E-state index contributed by atoms with van der Waals surface area (Å²) in [6.45, 7) is 3.32. The standard InChI is InChI=1S/C19H36O12/c1-9(2)19(27,10(3)21)4-5-28-16-14(24)13(23)12(22)11(31-16)6-29-17-15(25)18(26,7-20)8-30-17/h9-17,20-27H,4-8H2,1-3H3. The summed E-state index contributed by atoms with van der Waals surface area (Å²) in [4.78, 5) is 0.